The minimum absolute atomic E-state index is 0.0885. The molecule has 0 bridgehead atoms. The predicted octanol–water partition coefficient (Wildman–Crippen LogP) is 4.53. The van der Waals surface area contributed by atoms with Crippen molar-refractivity contribution < 1.29 is 60.5 Å². The first-order valence-corrected chi connectivity index (χ1v) is 12.7. The summed E-state index contributed by atoms with van der Waals surface area (Å²) in [5.74, 6) is -4.01. The van der Waals surface area contributed by atoms with Crippen LogP contribution >= 0.6 is 0 Å². The van der Waals surface area contributed by atoms with Crippen LogP contribution in [0.1, 0.15) is 41.6 Å². The van der Waals surface area contributed by atoms with Gasteiger partial charge in [0.15, 0.2) is 0 Å². The summed E-state index contributed by atoms with van der Waals surface area (Å²) in [4.78, 5) is 59.8. The summed E-state index contributed by atoms with van der Waals surface area (Å²) in [6.45, 7) is -0.358. The minimum atomic E-state index is -5.08. The van der Waals surface area contributed by atoms with E-state index in [0.29, 0.717) is 48.7 Å². The number of carboxylic acid groups (broad SMARTS) is 2. The second-order valence-corrected chi connectivity index (χ2v) is 9.63. The smallest absolute Gasteiger partial charge is 0.478 e. The molecule has 0 atom stereocenters. The summed E-state index contributed by atoms with van der Waals surface area (Å²) in [5.41, 5.74) is -0.573. The van der Waals surface area contributed by atoms with Crippen molar-refractivity contribution in [2.24, 2.45) is 0 Å². The lowest BCUT2D eigenvalue weighted by atomic mass is 9.92. The standard InChI is InChI=1S/C24H20F3N5O5.C2HF3O2/c25-24(26,27)14-8-16(10-28-9-14)31-11-20(33)32(23(31)36)15-2-4-17(5-3-15)37-21-18-6-1-13(22(34)35)7-19(18)29-12-30-21;3-2(4,5)1(6)7/h1,6-10,12,15,17H,2-5,11H2,(H,34,35);(H,6,7). The Morgan fingerprint density at radius 1 is 0.932 bits per heavy atom. The molecule has 234 valence electrons. The number of benzene rings is 1. The van der Waals surface area contributed by atoms with E-state index in [1.54, 1.807) is 6.07 Å². The van der Waals surface area contributed by atoms with Gasteiger partial charge in [0, 0.05) is 12.2 Å². The van der Waals surface area contributed by atoms with E-state index in [0.717, 1.165) is 22.1 Å². The van der Waals surface area contributed by atoms with Crippen LogP contribution in [0.5, 0.6) is 5.88 Å². The van der Waals surface area contributed by atoms with Gasteiger partial charge in [-0.1, -0.05) is 0 Å². The molecule has 3 aromatic rings. The number of urea groups is 1. The van der Waals surface area contributed by atoms with Crippen LogP contribution in [0.25, 0.3) is 10.9 Å². The number of hydrogen-bond acceptors (Lipinski definition) is 8. The molecule has 2 aromatic heterocycles. The Morgan fingerprint density at radius 2 is 1.59 bits per heavy atom. The van der Waals surface area contributed by atoms with Crippen molar-refractivity contribution >= 4 is 40.5 Å². The number of carbonyl (C=O) groups is 4. The molecule has 0 unspecified atom stereocenters. The summed E-state index contributed by atoms with van der Waals surface area (Å²) in [5, 5.41) is 16.9. The van der Waals surface area contributed by atoms with Crippen LogP contribution in [0.15, 0.2) is 43.0 Å². The number of imide groups is 1. The van der Waals surface area contributed by atoms with Gasteiger partial charge < -0.3 is 14.9 Å². The van der Waals surface area contributed by atoms with Crippen LogP contribution in [-0.2, 0) is 15.8 Å². The third-order valence-corrected chi connectivity index (χ3v) is 6.74. The predicted molar refractivity (Wildman–Crippen MR) is 136 cm³/mol. The Balaban J connectivity index is 0.000000566. The van der Waals surface area contributed by atoms with Gasteiger partial charge in [0.05, 0.1) is 33.9 Å². The molecule has 5 rings (SSSR count). The fraction of sp³-hybridized carbons (Fsp3) is 0.346. The molecule has 2 N–H and O–H groups in total. The Hall–Kier alpha value is -5.03. The van der Waals surface area contributed by atoms with Gasteiger partial charge in [-0.15, -0.1) is 0 Å². The van der Waals surface area contributed by atoms with Gasteiger partial charge >= 0.3 is 30.3 Å². The molecule has 12 nitrogen and oxygen atoms in total. The molecule has 1 saturated carbocycles. The van der Waals surface area contributed by atoms with Crippen molar-refractivity contribution in [2.75, 3.05) is 11.4 Å². The van der Waals surface area contributed by atoms with Crippen LogP contribution in [0.2, 0.25) is 0 Å². The molecule has 0 radical (unpaired) electrons. The Labute approximate surface area is 242 Å². The minimum Gasteiger partial charge on any atom is -0.478 e. The van der Waals surface area contributed by atoms with E-state index in [4.69, 9.17) is 14.6 Å². The number of aromatic carboxylic acids is 1. The SMILES string of the molecule is O=C(O)C(F)(F)F.O=C(O)c1ccc2c(OC3CCC(N4C(=O)CN(c5cncc(C(F)(F)F)c5)C4=O)CC3)ncnc2c1. The number of alkyl halides is 6. The van der Waals surface area contributed by atoms with E-state index in [-0.39, 0.29) is 23.9 Å². The molecule has 1 aliphatic heterocycles. The summed E-state index contributed by atoms with van der Waals surface area (Å²) < 4.78 is 77.0. The second-order valence-electron chi connectivity index (χ2n) is 9.63. The summed E-state index contributed by atoms with van der Waals surface area (Å²) in [6.07, 6.45) is -4.99. The molecule has 1 aromatic carbocycles. The lowest BCUT2D eigenvalue weighted by molar-refractivity contribution is -0.192. The van der Waals surface area contributed by atoms with Gasteiger partial charge in [0.1, 0.15) is 19.0 Å². The van der Waals surface area contributed by atoms with Crippen molar-refractivity contribution in [3.8, 4) is 5.88 Å². The topological polar surface area (TPSA) is 163 Å². The fourth-order valence-electron chi connectivity index (χ4n) is 4.65. The number of ether oxygens (including phenoxy) is 1. The number of carboxylic acids is 2. The molecular weight excluding hydrogens is 608 g/mol. The van der Waals surface area contributed by atoms with Crippen molar-refractivity contribution in [3.63, 3.8) is 0 Å². The Kier molecular flexibility index (Phi) is 8.91. The van der Waals surface area contributed by atoms with Crippen molar-refractivity contribution in [1.82, 2.24) is 19.9 Å². The third kappa shape index (κ3) is 7.12. The molecule has 2 aliphatic rings. The number of amides is 3. The first-order valence-electron chi connectivity index (χ1n) is 12.7. The molecule has 18 heteroatoms. The normalized spacial score (nSPS) is 19.0. The number of anilines is 1. The molecule has 2 fully saturated rings. The van der Waals surface area contributed by atoms with Gasteiger partial charge in [-0.2, -0.15) is 26.3 Å². The van der Waals surface area contributed by atoms with Gasteiger partial charge in [-0.3, -0.25) is 19.6 Å². The lowest BCUT2D eigenvalue weighted by Crippen LogP contribution is -2.44. The maximum atomic E-state index is 13.1. The quantitative estimate of drug-likeness (QED) is 0.303. The van der Waals surface area contributed by atoms with E-state index in [9.17, 15) is 45.8 Å². The van der Waals surface area contributed by atoms with E-state index in [1.165, 1.54) is 18.5 Å². The average molecular weight is 629 g/mol. The van der Waals surface area contributed by atoms with Crippen LogP contribution < -0.4 is 9.64 Å². The fourth-order valence-corrected chi connectivity index (χ4v) is 4.65. The van der Waals surface area contributed by atoms with E-state index in [2.05, 4.69) is 15.0 Å². The highest BCUT2D eigenvalue weighted by molar-refractivity contribution is 6.12. The number of halogens is 6. The molecule has 1 aliphatic carbocycles. The zero-order valence-corrected chi connectivity index (χ0v) is 22.2. The van der Waals surface area contributed by atoms with Crippen LogP contribution in [0.3, 0.4) is 0 Å². The van der Waals surface area contributed by atoms with Crippen LogP contribution in [-0.4, -0.2) is 78.8 Å². The lowest BCUT2D eigenvalue weighted by Gasteiger charge is -2.33. The molecule has 3 amide bonds. The second kappa shape index (κ2) is 12.3. The summed E-state index contributed by atoms with van der Waals surface area (Å²) >= 11 is 0. The molecule has 3 heterocycles. The van der Waals surface area contributed by atoms with Gasteiger partial charge in [0.2, 0.25) is 5.88 Å². The number of fused-ring (bicyclic) bond motifs is 1. The maximum Gasteiger partial charge on any atom is 0.490 e. The van der Waals surface area contributed by atoms with Gasteiger partial charge in [-0.05, 0) is 49.9 Å². The highest BCUT2D eigenvalue weighted by Gasteiger charge is 2.43. The van der Waals surface area contributed by atoms with E-state index < -0.39 is 47.8 Å². The monoisotopic (exact) mass is 629 g/mol. The molecular formula is C26H21F6N5O7. The van der Waals surface area contributed by atoms with Gasteiger partial charge in [0.25, 0.3) is 5.91 Å². The van der Waals surface area contributed by atoms with E-state index in [1.807, 2.05) is 0 Å². The van der Waals surface area contributed by atoms with Crippen molar-refractivity contribution in [2.45, 2.75) is 50.2 Å². The Bertz CT molecular complexity index is 1590. The molecule has 44 heavy (non-hydrogen) atoms. The highest BCUT2D eigenvalue weighted by atomic mass is 19.4. The average Bonchev–Trinajstić information content (AvgIpc) is 3.26. The van der Waals surface area contributed by atoms with Crippen molar-refractivity contribution in [1.29, 1.82) is 0 Å². The van der Waals surface area contributed by atoms with Crippen LogP contribution in [0, 0.1) is 0 Å². The van der Waals surface area contributed by atoms with Gasteiger partial charge in [-0.25, -0.2) is 24.4 Å². The number of hydrogen-bond donors (Lipinski definition) is 2. The van der Waals surface area contributed by atoms with Crippen molar-refractivity contribution in [3.05, 3.63) is 54.1 Å². The Morgan fingerprint density at radius 3 is 2.18 bits per heavy atom. The zero-order valence-electron chi connectivity index (χ0n) is 22.2. The number of rotatable bonds is 5. The zero-order chi connectivity index (χ0) is 32.4. The number of nitrogens with zero attached hydrogens (tertiary/aromatic N) is 5. The number of aliphatic carboxylic acids is 1. The number of pyridine rings is 1. The summed E-state index contributed by atoms with van der Waals surface area (Å²) in [7, 11) is 0. The molecule has 0 spiro atoms. The largest absolute Gasteiger partial charge is 0.490 e. The first kappa shape index (κ1) is 31.9. The summed E-state index contributed by atoms with van der Waals surface area (Å²) in [6, 6.07) is 4.17. The highest BCUT2D eigenvalue weighted by Crippen LogP contribution is 2.34. The van der Waals surface area contributed by atoms with E-state index >= 15 is 0 Å². The number of aromatic nitrogens is 3. The maximum absolute atomic E-state index is 13.1. The first-order chi connectivity index (χ1) is 20.6. The molecule has 1 saturated heterocycles. The van der Waals surface area contributed by atoms with Crippen LogP contribution in [0.4, 0.5) is 36.8 Å². The third-order valence-electron chi connectivity index (χ3n) is 6.74. The number of carbonyl (C=O) groups excluding carboxylic acids is 2.